The fourth-order valence-corrected chi connectivity index (χ4v) is 5.22. The third-order valence-electron chi connectivity index (χ3n) is 7.46. The van der Waals surface area contributed by atoms with Crippen LogP contribution in [0.3, 0.4) is 0 Å². The average molecular weight is 640 g/mol. The van der Waals surface area contributed by atoms with Crippen molar-refractivity contribution in [2.75, 3.05) is 33.4 Å². The third-order valence-corrected chi connectivity index (χ3v) is 7.46. The predicted octanol–water partition coefficient (Wildman–Crippen LogP) is 4.15. The van der Waals surface area contributed by atoms with E-state index >= 15 is 0 Å². The van der Waals surface area contributed by atoms with E-state index in [2.05, 4.69) is 10.2 Å². The van der Waals surface area contributed by atoms with Crippen LogP contribution >= 0.6 is 0 Å². The molecule has 2 N–H and O–H groups in total. The van der Waals surface area contributed by atoms with Gasteiger partial charge in [0.25, 0.3) is 5.91 Å². The highest BCUT2D eigenvalue weighted by molar-refractivity contribution is 6.04. The number of amides is 1. The maximum Gasteiger partial charge on any atom is 0.420 e. The number of fused-ring (bicyclic) bond motifs is 1. The van der Waals surface area contributed by atoms with Gasteiger partial charge in [0.2, 0.25) is 0 Å². The topological polar surface area (TPSA) is 124 Å². The molecule has 242 valence electrons. The van der Waals surface area contributed by atoms with Gasteiger partial charge in [-0.1, -0.05) is 0 Å². The van der Waals surface area contributed by atoms with Crippen LogP contribution in [0.2, 0.25) is 0 Å². The quantitative estimate of drug-likeness (QED) is 0.185. The van der Waals surface area contributed by atoms with Crippen molar-refractivity contribution in [1.29, 1.82) is 0 Å². The Hall–Kier alpha value is -4.44. The number of hydrogen-bond acceptors (Lipinski definition) is 8. The van der Waals surface area contributed by atoms with Gasteiger partial charge in [-0.15, -0.1) is 0 Å². The molecular formula is C29H30F5N5O6. The van der Waals surface area contributed by atoms with E-state index in [4.69, 9.17) is 14.2 Å². The molecule has 2 aromatic heterocycles. The largest absolute Gasteiger partial charge is 0.496 e. The molecule has 5 rings (SSSR count). The third kappa shape index (κ3) is 6.11. The summed E-state index contributed by atoms with van der Waals surface area (Å²) in [6.07, 6.45) is -0.466. The number of aromatic nitrogens is 4. The van der Waals surface area contributed by atoms with Gasteiger partial charge in [-0.25, -0.2) is 0 Å². The Morgan fingerprint density at radius 1 is 1.04 bits per heavy atom. The Kier molecular flexibility index (Phi) is 8.64. The van der Waals surface area contributed by atoms with Crippen molar-refractivity contribution < 1.29 is 51.2 Å². The molecule has 11 nitrogen and oxygen atoms in total. The van der Waals surface area contributed by atoms with E-state index in [0.717, 1.165) is 17.2 Å². The first-order valence-corrected chi connectivity index (χ1v) is 13.8. The minimum absolute atomic E-state index is 0.0165. The summed E-state index contributed by atoms with van der Waals surface area (Å²) < 4.78 is 86.1. The molecule has 0 atom stereocenters. The SMILES string of the molecule is COc1cc(-c2c3c(OCCCCO)cc(-c4cnn(C)c4)cc3nn2C)cc(OC(F)F)c1C(=O)N1CC(O)(C(F)(F)F)C1. The lowest BCUT2D eigenvalue weighted by atomic mass is 9.92. The van der Waals surface area contributed by atoms with Gasteiger partial charge < -0.3 is 29.3 Å². The van der Waals surface area contributed by atoms with Crippen LogP contribution in [-0.2, 0) is 14.1 Å². The molecule has 1 aliphatic heterocycles. The van der Waals surface area contributed by atoms with Crippen molar-refractivity contribution in [3.63, 3.8) is 0 Å². The van der Waals surface area contributed by atoms with Gasteiger partial charge in [-0.2, -0.15) is 32.1 Å². The molecule has 1 amide bonds. The van der Waals surface area contributed by atoms with E-state index in [1.807, 2.05) is 6.20 Å². The van der Waals surface area contributed by atoms with E-state index in [1.165, 1.54) is 17.9 Å². The minimum Gasteiger partial charge on any atom is -0.496 e. The zero-order chi connectivity index (χ0) is 32.7. The number of likely N-dealkylation sites (tertiary alicyclic amines) is 1. The fraction of sp³-hybridized carbons (Fsp3) is 0.414. The molecule has 0 saturated carbocycles. The molecule has 0 unspecified atom stereocenters. The Morgan fingerprint density at radius 2 is 1.73 bits per heavy atom. The predicted molar refractivity (Wildman–Crippen MR) is 150 cm³/mol. The molecule has 0 spiro atoms. The monoisotopic (exact) mass is 639 g/mol. The second-order valence-electron chi connectivity index (χ2n) is 10.6. The number of halogens is 5. The molecule has 0 aliphatic carbocycles. The van der Waals surface area contributed by atoms with Crippen molar-refractivity contribution in [1.82, 2.24) is 24.5 Å². The molecule has 1 saturated heterocycles. The molecule has 0 bridgehead atoms. The number of nitrogens with zero attached hydrogens (tertiary/aromatic N) is 5. The first kappa shape index (κ1) is 32.0. The second-order valence-corrected chi connectivity index (χ2v) is 10.6. The summed E-state index contributed by atoms with van der Waals surface area (Å²) in [5.74, 6) is -1.58. The van der Waals surface area contributed by atoms with Crippen LogP contribution in [0, 0.1) is 0 Å². The molecule has 4 aromatic rings. The molecule has 3 heterocycles. The van der Waals surface area contributed by atoms with Crippen molar-refractivity contribution in [3.8, 4) is 39.6 Å². The summed E-state index contributed by atoms with van der Waals surface area (Å²) >= 11 is 0. The standard InChI is InChI=1S/C29H30F5N5O6/c1-37-13-18(12-35-37)16-8-19-23(21(9-16)44-7-5-4-6-40)25(38(2)36-19)17-10-20(43-3)24(22(11-17)45-27(30)31)26(41)39-14-28(42,15-39)29(32,33)34/h8-13,27,40,42H,4-7,14-15H2,1-3H3. The number of aliphatic hydroxyl groups is 2. The zero-order valence-corrected chi connectivity index (χ0v) is 24.4. The molecule has 2 aromatic carbocycles. The van der Waals surface area contributed by atoms with E-state index in [-0.39, 0.29) is 24.5 Å². The molecule has 45 heavy (non-hydrogen) atoms. The van der Waals surface area contributed by atoms with Gasteiger partial charge >= 0.3 is 12.8 Å². The van der Waals surface area contributed by atoms with Crippen molar-refractivity contribution >= 4 is 16.8 Å². The number of benzene rings is 2. The zero-order valence-electron chi connectivity index (χ0n) is 24.4. The smallest absolute Gasteiger partial charge is 0.420 e. The van der Waals surface area contributed by atoms with Gasteiger partial charge in [-0.3, -0.25) is 14.2 Å². The lowest BCUT2D eigenvalue weighted by Gasteiger charge is -2.47. The van der Waals surface area contributed by atoms with E-state index in [0.29, 0.717) is 40.1 Å². The summed E-state index contributed by atoms with van der Waals surface area (Å²) in [4.78, 5) is 13.9. The van der Waals surface area contributed by atoms with Crippen LogP contribution in [0.4, 0.5) is 22.0 Å². The van der Waals surface area contributed by atoms with Crippen LogP contribution in [-0.4, -0.2) is 92.4 Å². The summed E-state index contributed by atoms with van der Waals surface area (Å²) in [5.41, 5.74) is -1.03. The Balaban J connectivity index is 1.63. The number of aryl methyl sites for hydroxylation is 2. The van der Waals surface area contributed by atoms with E-state index < -0.39 is 48.7 Å². The highest BCUT2D eigenvalue weighted by Crippen LogP contribution is 2.44. The number of aliphatic hydroxyl groups excluding tert-OH is 1. The van der Waals surface area contributed by atoms with Gasteiger partial charge in [0, 0.05) is 38.0 Å². The Bertz CT molecular complexity index is 1710. The van der Waals surface area contributed by atoms with E-state index in [9.17, 15) is 37.0 Å². The van der Waals surface area contributed by atoms with Crippen LogP contribution in [0.5, 0.6) is 17.2 Å². The average Bonchev–Trinajstić information content (AvgIpc) is 3.53. The highest BCUT2D eigenvalue weighted by atomic mass is 19.4. The van der Waals surface area contributed by atoms with Crippen LogP contribution in [0.1, 0.15) is 23.2 Å². The second kappa shape index (κ2) is 12.2. The number of carbonyl (C=O) groups excluding carboxylic acids is 1. The fourth-order valence-electron chi connectivity index (χ4n) is 5.22. The lowest BCUT2D eigenvalue weighted by molar-refractivity contribution is -0.294. The number of hydrogen-bond donors (Lipinski definition) is 2. The molecule has 1 aliphatic rings. The normalized spacial score (nSPS) is 14.6. The summed E-state index contributed by atoms with van der Waals surface area (Å²) in [6.45, 7) is -5.33. The molecule has 1 fully saturated rings. The summed E-state index contributed by atoms with van der Waals surface area (Å²) in [5, 5.41) is 28.3. The number of ether oxygens (including phenoxy) is 3. The Labute approximate surface area is 253 Å². The first-order valence-electron chi connectivity index (χ1n) is 13.8. The maximum atomic E-state index is 13.6. The van der Waals surface area contributed by atoms with Crippen LogP contribution < -0.4 is 14.2 Å². The van der Waals surface area contributed by atoms with Gasteiger partial charge in [-0.05, 0) is 42.7 Å². The van der Waals surface area contributed by atoms with Crippen LogP contribution in [0.25, 0.3) is 33.3 Å². The van der Waals surface area contributed by atoms with Gasteiger partial charge in [0.05, 0.1) is 49.6 Å². The van der Waals surface area contributed by atoms with Gasteiger partial charge in [0.1, 0.15) is 22.8 Å². The van der Waals surface area contributed by atoms with Crippen molar-refractivity contribution in [2.24, 2.45) is 14.1 Å². The van der Waals surface area contributed by atoms with E-state index in [1.54, 1.807) is 37.1 Å². The first-order chi connectivity index (χ1) is 21.3. The van der Waals surface area contributed by atoms with Gasteiger partial charge in [0.15, 0.2) is 5.60 Å². The van der Waals surface area contributed by atoms with Crippen molar-refractivity contribution in [2.45, 2.75) is 31.2 Å². The molecule has 16 heteroatoms. The van der Waals surface area contributed by atoms with Crippen LogP contribution in [0.15, 0.2) is 36.7 Å². The highest BCUT2D eigenvalue weighted by Gasteiger charge is 2.62. The summed E-state index contributed by atoms with van der Waals surface area (Å²) in [6, 6.07) is 6.09. The number of rotatable bonds is 11. The molecule has 0 radical (unpaired) electrons. The number of alkyl halides is 5. The number of methoxy groups -OCH3 is 1. The number of carbonyl (C=O) groups is 1. The number of unbranched alkanes of at least 4 members (excludes halogenated alkanes) is 1. The maximum absolute atomic E-state index is 13.6. The minimum atomic E-state index is -4.99. The number of β-amino-alcohol motifs (C(OH)–C–C–N with tert-alkyl or cyclic N) is 1. The Morgan fingerprint density at radius 3 is 2.33 bits per heavy atom. The molecular weight excluding hydrogens is 609 g/mol. The lowest BCUT2D eigenvalue weighted by Crippen LogP contribution is -2.70. The summed E-state index contributed by atoms with van der Waals surface area (Å²) in [7, 11) is 4.56. The van der Waals surface area contributed by atoms with Crippen molar-refractivity contribution in [3.05, 3.63) is 42.2 Å².